The molecule has 1 aromatic rings. The highest BCUT2D eigenvalue weighted by Gasteiger charge is 2.10. The first-order valence-corrected chi connectivity index (χ1v) is 8.60. The number of allylic oxidation sites excluding steroid dienone is 1. The van der Waals surface area contributed by atoms with Gasteiger partial charge >= 0.3 is 11.9 Å². The summed E-state index contributed by atoms with van der Waals surface area (Å²) in [5.41, 5.74) is 14.4. The van der Waals surface area contributed by atoms with Crippen molar-refractivity contribution >= 4 is 18.0 Å². The Balaban J connectivity index is 1.78. The number of ether oxygens (including phenoxy) is 2. The first-order valence-electron chi connectivity index (χ1n) is 8.60. The minimum absolute atomic E-state index is 0.0464. The normalized spacial score (nSPS) is 16.4. The lowest BCUT2D eigenvalue weighted by molar-refractivity contribution is -0.137. The maximum absolute atomic E-state index is 11.8. The van der Waals surface area contributed by atoms with Crippen LogP contribution in [0.5, 0.6) is 5.75 Å². The zero-order chi connectivity index (χ0) is 19.8. The number of nitrogens with two attached hydrogens (primary N) is 2. The second-order valence-electron chi connectivity index (χ2n) is 6.24. The lowest BCUT2D eigenvalue weighted by atomic mass is 9.99. The molecule has 6 heteroatoms. The fourth-order valence-electron chi connectivity index (χ4n) is 2.36. The predicted molar refractivity (Wildman–Crippen MR) is 104 cm³/mol. The molecule has 0 aromatic heterocycles. The van der Waals surface area contributed by atoms with E-state index in [9.17, 15) is 9.59 Å². The summed E-state index contributed by atoms with van der Waals surface area (Å²) in [6.45, 7) is 5.35. The van der Waals surface area contributed by atoms with E-state index in [1.165, 1.54) is 6.08 Å². The third kappa shape index (κ3) is 6.60. The van der Waals surface area contributed by atoms with Crippen LogP contribution in [0.3, 0.4) is 0 Å². The van der Waals surface area contributed by atoms with Crippen molar-refractivity contribution in [3.05, 3.63) is 71.5 Å². The zero-order valence-corrected chi connectivity index (χ0v) is 15.3. The average Bonchev–Trinajstić information content (AvgIpc) is 2.63. The molecule has 0 radical (unpaired) electrons. The fourth-order valence-corrected chi connectivity index (χ4v) is 2.36. The molecule has 0 saturated carbocycles. The van der Waals surface area contributed by atoms with Crippen LogP contribution in [0.2, 0.25) is 0 Å². The number of hydrogen-bond donors (Lipinski definition) is 2. The molecule has 1 atom stereocenters. The van der Waals surface area contributed by atoms with Crippen molar-refractivity contribution in [1.82, 2.24) is 0 Å². The molecule has 2 rings (SSSR count). The number of carbonyl (C=O) groups excluding carboxylic acids is 2. The summed E-state index contributed by atoms with van der Waals surface area (Å²) in [4.78, 5) is 23.3. The Morgan fingerprint density at radius 2 is 2.00 bits per heavy atom. The van der Waals surface area contributed by atoms with Gasteiger partial charge in [-0.05, 0) is 48.8 Å². The van der Waals surface area contributed by atoms with Gasteiger partial charge in [-0.25, -0.2) is 9.59 Å². The number of benzene rings is 1. The number of esters is 2. The van der Waals surface area contributed by atoms with Gasteiger partial charge in [-0.1, -0.05) is 24.8 Å². The largest absolute Gasteiger partial charge is 0.462 e. The van der Waals surface area contributed by atoms with Crippen LogP contribution in [0.1, 0.15) is 25.3 Å². The summed E-state index contributed by atoms with van der Waals surface area (Å²) in [7, 11) is 0. The van der Waals surface area contributed by atoms with Crippen molar-refractivity contribution in [3.63, 3.8) is 0 Å². The van der Waals surface area contributed by atoms with Crippen LogP contribution in [0, 0.1) is 0 Å². The Bertz CT molecular complexity index is 804. The molecule has 1 unspecified atom stereocenters. The van der Waals surface area contributed by atoms with E-state index in [1.807, 2.05) is 12.2 Å². The molecule has 27 heavy (non-hydrogen) atoms. The van der Waals surface area contributed by atoms with Gasteiger partial charge < -0.3 is 20.9 Å². The summed E-state index contributed by atoms with van der Waals surface area (Å²) >= 11 is 0. The second kappa shape index (κ2) is 9.54. The summed E-state index contributed by atoms with van der Waals surface area (Å²) in [6.07, 6.45) is 8.05. The van der Waals surface area contributed by atoms with Crippen molar-refractivity contribution in [3.8, 4) is 5.75 Å². The molecule has 0 spiro atoms. The molecular weight excluding hydrogens is 344 g/mol. The maximum atomic E-state index is 11.8. The summed E-state index contributed by atoms with van der Waals surface area (Å²) in [5, 5.41) is 0. The van der Waals surface area contributed by atoms with Gasteiger partial charge in [0, 0.05) is 29.8 Å². The van der Waals surface area contributed by atoms with Crippen LogP contribution < -0.4 is 16.2 Å². The average molecular weight is 368 g/mol. The highest BCUT2D eigenvalue weighted by molar-refractivity contribution is 5.89. The monoisotopic (exact) mass is 368 g/mol. The Kier molecular flexibility index (Phi) is 7.14. The van der Waals surface area contributed by atoms with Gasteiger partial charge in [0.15, 0.2) is 0 Å². The predicted octanol–water partition coefficient (Wildman–Crippen LogP) is 2.61. The van der Waals surface area contributed by atoms with Crippen LogP contribution in [0.15, 0.2) is 65.9 Å². The Morgan fingerprint density at radius 1 is 1.30 bits per heavy atom. The third-order valence-electron chi connectivity index (χ3n) is 3.87. The van der Waals surface area contributed by atoms with E-state index in [2.05, 4.69) is 6.58 Å². The minimum Gasteiger partial charge on any atom is -0.462 e. The molecule has 0 saturated heterocycles. The topological polar surface area (TPSA) is 105 Å². The Hall–Kier alpha value is -3.12. The number of carbonyl (C=O) groups is 2. The molecule has 4 N–H and O–H groups in total. The van der Waals surface area contributed by atoms with Crippen molar-refractivity contribution < 1.29 is 19.1 Å². The van der Waals surface area contributed by atoms with E-state index >= 15 is 0 Å². The summed E-state index contributed by atoms with van der Waals surface area (Å²) in [5.74, 6) is -0.510. The summed E-state index contributed by atoms with van der Waals surface area (Å²) < 4.78 is 10.3. The van der Waals surface area contributed by atoms with Gasteiger partial charge in [0.1, 0.15) is 5.75 Å². The van der Waals surface area contributed by atoms with Gasteiger partial charge in [-0.15, -0.1) is 0 Å². The van der Waals surface area contributed by atoms with Gasteiger partial charge in [0.25, 0.3) is 0 Å². The van der Waals surface area contributed by atoms with E-state index in [4.69, 9.17) is 20.9 Å². The van der Waals surface area contributed by atoms with E-state index in [-0.39, 0.29) is 12.6 Å². The van der Waals surface area contributed by atoms with Crippen molar-refractivity contribution in [2.45, 2.75) is 25.8 Å². The molecule has 6 nitrogen and oxygen atoms in total. The highest BCUT2D eigenvalue weighted by atomic mass is 16.5. The molecule has 0 heterocycles. The molecule has 142 valence electrons. The first-order chi connectivity index (χ1) is 12.8. The number of rotatable bonds is 7. The standard InChI is InChI=1S/C21H24N2O4/c1-14(2)21(25)27-18-8-3-15(4-9-18)5-10-20(24)26-12-11-16-6-7-17(22)13-19(16)23/h3-6,8-10,13,17H,1,7,11-12,22-23H2,2H3/b10-5+. The zero-order valence-electron chi connectivity index (χ0n) is 15.3. The first kappa shape index (κ1) is 20.2. The molecule has 0 fully saturated rings. The van der Waals surface area contributed by atoms with Crippen molar-refractivity contribution in [1.29, 1.82) is 0 Å². The van der Waals surface area contributed by atoms with Crippen LogP contribution in [-0.2, 0) is 14.3 Å². The Labute approximate surface area is 158 Å². The Morgan fingerprint density at radius 3 is 2.63 bits per heavy atom. The fraction of sp³-hybridized carbons (Fsp3) is 0.238. The minimum atomic E-state index is -0.479. The van der Waals surface area contributed by atoms with Gasteiger partial charge in [-0.2, -0.15) is 0 Å². The van der Waals surface area contributed by atoms with E-state index in [1.54, 1.807) is 37.3 Å². The van der Waals surface area contributed by atoms with Gasteiger partial charge in [-0.3, -0.25) is 0 Å². The van der Waals surface area contributed by atoms with Crippen LogP contribution in [-0.4, -0.2) is 24.6 Å². The van der Waals surface area contributed by atoms with Gasteiger partial charge in [0.05, 0.1) is 6.61 Å². The molecule has 0 amide bonds. The molecular formula is C21H24N2O4. The smallest absolute Gasteiger partial charge is 0.338 e. The van der Waals surface area contributed by atoms with Crippen LogP contribution >= 0.6 is 0 Å². The van der Waals surface area contributed by atoms with E-state index in [0.717, 1.165) is 17.6 Å². The molecule has 0 aliphatic heterocycles. The summed E-state index contributed by atoms with van der Waals surface area (Å²) in [6, 6.07) is 6.69. The van der Waals surface area contributed by atoms with Crippen molar-refractivity contribution in [2.75, 3.05) is 6.61 Å². The quantitative estimate of drug-likeness (QED) is 0.435. The SMILES string of the molecule is C=C(C)C(=O)Oc1ccc(/C=C/C(=O)OCCC2=CCC(N)C=C2N)cc1. The lowest BCUT2D eigenvalue weighted by Crippen LogP contribution is -2.22. The van der Waals surface area contributed by atoms with Crippen LogP contribution in [0.4, 0.5) is 0 Å². The highest BCUT2D eigenvalue weighted by Crippen LogP contribution is 2.17. The van der Waals surface area contributed by atoms with Gasteiger partial charge in [0.2, 0.25) is 0 Å². The van der Waals surface area contributed by atoms with E-state index in [0.29, 0.717) is 23.4 Å². The second-order valence-corrected chi connectivity index (χ2v) is 6.24. The molecule has 0 bridgehead atoms. The van der Waals surface area contributed by atoms with Crippen LogP contribution in [0.25, 0.3) is 6.08 Å². The lowest BCUT2D eigenvalue weighted by Gasteiger charge is -2.16. The van der Waals surface area contributed by atoms with Crippen molar-refractivity contribution in [2.24, 2.45) is 11.5 Å². The van der Waals surface area contributed by atoms with E-state index < -0.39 is 11.9 Å². The molecule has 1 aliphatic carbocycles. The number of hydrogen-bond acceptors (Lipinski definition) is 6. The molecule has 1 aliphatic rings. The maximum Gasteiger partial charge on any atom is 0.338 e. The molecule has 1 aromatic carbocycles. The third-order valence-corrected chi connectivity index (χ3v) is 3.87.